The van der Waals surface area contributed by atoms with Gasteiger partial charge in [-0.05, 0) is 44.9 Å². The largest absolute Gasteiger partial charge is 0.385 e. The first-order chi connectivity index (χ1) is 15.8. The van der Waals surface area contributed by atoms with Crippen molar-refractivity contribution in [1.29, 1.82) is 0 Å². The molecular weight excluding hydrogens is 460 g/mol. The average molecular weight is 489 g/mol. The van der Waals surface area contributed by atoms with Crippen molar-refractivity contribution in [2.45, 2.75) is 39.4 Å². The van der Waals surface area contributed by atoms with Gasteiger partial charge in [0.25, 0.3) is 11.5 Å². The van der Waals surface area contributed by atoms with E-state index in [1.807, 2.05) is 32.9 Å². The summed E-state index contributed by atoms with van der Waals surface area (Å²) in [5.41, 5.74) is 1.69. The van der Waals surface area contributed by atoms with Crippen LogP contribution in [0.2, 0.25) is 0 Å². The zero-order valence-corrected chi connectivity index (χ0v) is 20.9. The van der Waals surface area contributed by atoms with E-state index in [1.165, 1.54) is 16.2 Å². The standard InChI is InChI=1S/C23H28N4O4S2/c1-14-6-7-19-24-20(25-12-15(2)31-16(3)13-25)17(21(28)27(19)11-14)10-18-22(29)26(23(32)33-18)8-5-9-30-4/h6-7,10-11,15-16H,5,8-9,12-13H2,1-4H3/b18-10+. The second-order valence-electron chi connectivity index (χ2n) is 8.43. The van der Waals surface area contributed by atoms with Crippen LogP contribution in [0.1, 0.15) is 31.4 Å². The number of ether oxygens (including phenoxy) is 2. The van der Waals surface area contributed by atoms with Crippen molar-refractivity contribution in [3.05, 3.63) is 44.7 Å². The Morgan fingerprint density at radius 3 is 2.70 bits per heavy atom. The molecule has 0 aromatic carbocycles. The van der Waals surface area contributed by atoms with Crippen molar-refractivity contribution < 1.29 is 14.3 Å². The van der Waals surface area contributed by atoms with Crippen LogP contribution in [0, 0.1) is 6.92 Å². The number of carbonyl (C=O) groups excluding carboxylic acids is 1. The van der Waals surface area contributed by atoms with Crippen LogP contribution < -0.4 is 10.5 Å². The second kappa shape index (κ2) is 9.92. The number of amides is 1. The van der Waals surface area contributed by atoms with Gasteiger partial charge in [-0.25, -0.2) is 4.98 Å². The van der Waals surface area contributed by atoms with E-state index in [0.29, 0.717) is 58.9 Å². The number of hydrogen-bond donors (Lipinski definition) is 0. The molecule has 8 nitrogen and oxygen atoms in total. The summed E-state index contributed by atoms with van der Waals surface area (Å²) in [5, 5.41) is 0. The molecule has 10 heteroatoms. The first kappa shape index (κ1) is 23.9. The van der Waals surface area contributed by atoms with Gasteiger partial charge in [-0.1, -0.05) is 30.0 Å². The van der Waals surface area contributed by atoms with Crippen LogP contribution in [0.15, 0.2) is 28.0 Å². The van der Waals surface area contributed by atoms with Crippen molar-refractivity contribution in [2.24, 2.45) is 0 Å². The minimum Gasteiger partial charge on any atom is -0.385 e. The molecule has 33 heavy (non-hydrogen) atoms. The number of fused-ring (bicyclic) bond motifs is 1. The first-order valence-electron chi connectivity index (χ1n) is 11.0. The lowest BCUT2D eigenvalue weighted by molar-refractivity contribution is -0.122. The van der Waals surface area contributed by atoms with Gasteiger partial charge in [0.2, 0.25) is 0 Å². The number of aryl methyl sites for hydroxylation is 1. The second-order valence-corrected chi connectivity index (χ2v) is 10.1. The number of hydrogen-bond acceptors (Lipinski definition) is 8. The van der Waals surface area contributed by atoms with E-state index in [9.17, 15) is 9.59 Å². The van der Waals surface area contributed by atoms with E-state index in [4.69, 9.17) is 26.7 Å². The number of methoxy groups -OCH3 is 1. The molecule has 0 aliphatic carbocycles. The fourth-order valence-electron chi connectivity index (χ4n) is 4.16. The molecule has 0 spiro atoms. The Morgan fingerprint density at radius 1 is 1.27 bits per heavy atom. The topological polar surface area (TPSA) is 76.4 Å². The quantitative estimate of drug-likeness (QED) is 0.349. The van der Waals surface area contributed by atoms with E-state index in [0.717, 1.165) is 5.56 Å². The number of carbonyl (C=O) groups is 1. The van der Waals surface area contributed by atoms with Crippen LogP contribution in [0.25, 0.3) is 11.7 Å². The number of thioether (sulfide) groups is 1. The maximum absolute atomic E-state index is 13.6. The van der Waals surface area contributed by atoms with Gasteiger partial charge in [0.05, 0.1) is 22.7 Å². The minimum atomic E-state index is -0.213. The van der Waals surface area contributed by atoms with E-state index in [-0.39, 0.29) is 23.7 Å². The Bertz CT molecular complexity index is 1170. The molecule has 2 fully saturated rings. The molecule has 2 aromatic rings. The molecule has 176 valence electrons. The summed E-state index contributed by atoms with van der Waals surface area (Å²) >= 11 is 6.65. The van der Waals surface area contributed by atoms with Crippen LogP contribution in [0.5, 0.6) is 0 Å². The number of rotatable bonds is 6. The van der Waals surface area contributed by atoms with Crippen LogP contribution in [0.4, 0.5) is 5.82 Å². The van der Waals surface area contributed by atoms with E-state index >= 15 is 0 Å². The zero-order valence-electron chi connectivity index (χ0n) is 19.2. The Hall–Kier alpha value is -2.27. The van der Waals surface area contributed by atoms with Gasteiger partial charge in [0.1, 0.15) is 15.8 Å². The van der Waals surface area contributed by atoms with E-state index in [1.54, 1.807) is 24.3 Å². The molecule has 0 saturated carbocycles. The molecule has 2 aliphatic heterocycles. The van der Waals surface area contributed by atoms with Gasteiger partial charge in [-0.15, -0.1) is 0 Å². The summed E-state index contributed by atoms with van der Waals surface area (Å²) in [6.45, 7) is 8.18. The van der Waals surface area contributed by atoms with Crippen molar-refractivity contribution in [3.8, 4) is 0 Å². The SMILES string of the molecule is COCCCN1C(=O)/C(=C\c2c(N3CC(C)OC(C)C3)nc3ccc(C)cn3c2=O)SC1=S. The van der Waals surface area contributed by atoms with Crippen molar-refractivity contribution >= 4 is 51.7 Å². The van der Waals surface area contributed by atoms with Crippen LogP contribution in [-0.4, -0.2) is 70.1 Å². The maximum atomic E-state index is 13.6. The van der Waals surface area contributed by atoms with Gasteiger partial charge in [-0.3, -0.25) is 18.9 Å². The minimum absolute atomic E-state index is 0.00105. The lowest BCUT2D eigenvalue weighted by Crippen LogP contribution is -2.46. The molecule has 2 unspecified atom stereocenters. The number of pyridine rings is 1. The summed E-state index contributed by atoms with van der Waals surface area (Å²) in [7, 11) is 1.63. The molecule has 2 aliphatic rings. The molecule has 2 aromatic heterocycles. The molecule has 2 atom stereocenters. The predicted molar refractivity (Wildman–Crippen MR) is 135 cm³/mol. The van der Waals surface area contributed by atoms with Gasteiger partial charge in [0, 0.05) is 39.5 Å². The van der Waals surface area contributed by atoms with Crippen molar-refractivity contribution in [1.82, 2.24) is 14.3 Å². The first-order valence-corrected chi connectivity index (χ1v) is 12.2. The summed E-state index contributed by atoms with van der Waals surface area (Å²) in [6, 6.07) is 3.77. The summed E-state index contributed by atoms with van der Waals surface area (Å²) < 4.78 is 13.0. The molecule has 4 rings (SSSR count). The predicted octanol–water partition coefficient (Wildman–Crippen LogP) is 2.85. The van der Waals surface area contributed by atoms with Gasteiger partial charge in [-0.2, -0.15) is 0 Å². The Kier molecular flexibility index (Phi) is 7.18. The van der Waals surface area contributed by atoms with Gasteiger partial charge < -0.3 is 14.4 Å². The van der Waals surface area contributed by atoms with Crippen LogP contribution in [0.3, 0.4) is 0 Å². The number of morpholine rings is 1. The molecule has 0 radical (unpaired) electrons. The Morgan fingerprint density at radius 2 is 2.00 bits per heavy atom. The molecule has 1 amide bonds. The third kappa shape index (κ3) is 4.98. The summed E-state index contributed by atoms with van der Waals surface area (Å²) in [4.78, 5) is 35.6. The van der Waals surface area contributed by atoms with Gasteiger partial charge >= 0.3 is 0 Å². The smallest absolute Gasteiger partial charge is 0.267 e. The molecule has 0 bridgehead atoms. The van der Waals surface area contributed by atoms with Crippen LogP contribution >= 0.6 is 24.0 Å². The number of anilines is 1. The maximum Gasteiger partial charge on any atom is 0.267 e. The van der Waals surface area contributed by atoms with Crippen molar-refractivity contribution in [2.75, 3.05) is 38.3 Å². The lowest BCUT2D eigenvalue weighted by Gasteiger charge is -2.36. The Balaban J connectivity index is 1.80. The van der Waals surface area contributed by atoms with E-state index < -0.39 is 0 Å². The third-order valence-corrected chi connectivity index (χ3v) is 6.96. The highest BCUT2D eigenvalue weighted by molar-refractivity contribution is 8.26. The number of nitrogens with zero attached hydrogens (tertiary/aromatic N) is 4. The molecular formula is C23H28N4O4S2. The molecule has 4 heterocycles. The van der Waals surface area contributed by atoms with E-state index in [2.05, 4.69) is 4.90 Å². The average Bonchev–Trinajstić information content (AvgIpc) is 3.02. The lowest BCUT2D eigenvalue weighted by atomic mass is 10.1. The normalized spacial score (nSPS) is 22.7. The summed E-state index contributed by atoms with van der Waals surface area (Å²) in [5.74, 6) is 0.375. The number of thiocarbonyl (C=S) groups is 1. The highest BCUT2D eigenvalue weighted by Crippen LogP contribution is 2.34. The number of aromatic nitrogens is 2. The monoisotopic (exact) mass is 488 g/mol. The Labute approximate surface area is 202 Å². The fourth-order valence-corrected chi connectivity index (χ4v) is 5.45. The fraction of sp³-hybridized carbons (Fsp3) is 0.478. The third-order valence-electron chi connectivity index (χ3n) is 5.58. The van der Waals surface area contributed by atoms with Crippen LogP contribution in [-0.2, 0) is 14.3 Å². The highest BCUT2D eigenvalue weighted by Gasteiger charge is 2.33. The highest BCUT2D eigenvalue weighted by atomic mass is 32.2. The zero-order chi connectivity index (χ0) is 23.7. The molecule has 0 N–H and O–H groups in total. The molecule has 2 saturated heterocycles. The van der Waals surface area contributed by atoms with Crippen molar-refractivity contribution in [3.63, 3.8) is 0 Å². The summed E-state index contributed by atoms with van der Waals surface area (Å²) in [6.07, 6.45) is 4.11. The van der Waals surface area contributed by atoms with Gasteiger partial charge in [0.15, 0.2) is 0 Å².